The average Bonchev–Trinajstić information content (AvgIpc) is 3.07. The molecular formula is C23H22N4O2. The van der Waals surface area contributed by atoms with E-state index < -0.39 is 0 Å². The summed E-state index contributed by atoms with van der Waals surface area (Å²) >= 11 is 0. The van der Waals surface area contributed by atoms with Gasteiger partial charge in [0.15, 0.2) is 5.82 Å². The van der Waals surface area contributed by atoms with Crippen molar-refractivity contribution in [2.24, 2.45) is 0 Å². The SMILES string of the molecule is COc1cccc2c(C)cc(-n3nc(C)cc3NC(=O)c3ccccc3C)nc12. The fourth-order valence-electron chi connectivity index (χ4n) is 3.42. The third-order valence-corrected chi connectivity index (χ3v) is 4.90. The van der Waals surface area contributed by atoms with Crippen molar-refractivity contribution in [1.29, 1.82) is 0 Å². The van der Waals surface area contributed by atoms with Crippen molar-refractivity contribution >= 4 is 22.6 Å². The van der Waals surface area contributed by atoms with Crippen molar-refractivity contribution in [3.63, 3.8) is 0 Å². The summed E-state index contributed by atoms with van der Waals surface area (Å²) in [5.74, 6) is 1.70. The second-order valence-electron chi connectivity index (χ2n) is 7.01. The smallest absolute Gasteiger partial charge is 0.257 e. The third kappa shape index (κ3) is 3.45. The fraction of sp³-hybridized carbons (Fsp3) is 0.174. The van der Waals surface area contributed by atoms with Crippen LogP contribution in [0.25, 0.3) is 16.7 Å². The van der Waals surface area contributed by atoms with E-state index in [2.05, 4.69) is 10.4 Å². The lowest BCUT2D eigenvalue weighted by atomic mass is 10.1. The minimum absolute atomic E-state index is 0.181. The van der Waals surface area contributed by atoms with E-state index >= 15 is 0 Å². The number of nitrogens with one attached hydrogen (secondary N) is 1. The van der Waals surface area contributed by atoms with Gasteiger partial charge in [0.2, 0.25) is 0 Å². The quantitative estimate of drug-likeness (QED) is 0.556. The molecule has 29 heavy (non-hydrogen) atoms. The van der Waals surface area contributed by atoms with E-state index in [-0.39, 0.29) is 5.91 Å². The number of para-hydroxylation sites is 1. The first-order valence-electron chi connectivity index (χ1n) is 9.36. The Morgan fingerprint density at radius 1 is 1.00 bits per heavy atom. The Labute approximate surface area is 169 Å². The summed E-state index contributed by atoms with van der Waals surface area (Å²) in [6.07, 6.45) is 0. The molecule has 0 atom stereocenters. The van der Waals surface area contributed by atoms with Gasteiger partial charge in [-0.1, -0.05) is 30.3 Å². The number of anilines is 1. The minimum Gasteiger partial charge on any atom is -0.494 e. The molecule has 6 nitrogen and oxygen atoms in total. The Morgan fingerprint density at radius 3 is 2.55 bits per heavy atom. The Bertz CT molecular complexity index is 1230. The van der Waals surface area contributed by atoms with E-state index in [1.54, 1.807) is 11.8 Å². The predicted octanol–water partition coefficient (Wildman–Crippen LogP) is 4.61. The molecule has 1 N–H and O–H groups in total. The maximum Gasteiger partial charge on any atom is 0.257 e. The Hall–Kier alpha value is -3.67. The number of amides is 1. The molecule has 2 aromatic heterocycles. The summed E-state index contributed by atoms with van der Waals surface area (Å²) in [7, 11) is 1.63. The van der Waals surface area contributed by atoms with Gasteiger partial charge < -0.3 is 10.1 Å². The first kappa shape index (κ1) is 18.7. The summed E-state index contributed by atoms with van der Waals surface area (Å²) in [5, 5.41) is 8.54. The Morgan fingerprint density at radius 2 is 1.79 bits per heavy atom. The summed E-state index contributed by atoms with van der Waals surface area (Å²) < 4.78 is 7.14. The molecule has 2 heterocycles. The molecule has 0 saturated heterocycles. The van der Waals surface area contributed by atoms with Crippen molar-refractivity contribution in [2.75, 3.05) is 12.4 Å². The normalized spacial score (nSPS) is 10.9. The molecular weight excluding hydrogens is 364 g/mol. The monoisotopic (exact) mass is 386 g/mol. The summed E-state index contributed by atoms with van der Waals surface area (Å²) in [6.45, 7) is 5.82. The highest BCUT2D eigenvalue weighted by molar-refractivity contribution is 6.05. The van der Waals surface area contributed by atoms with E-state index in [0.29, 0.717) is 22.9 Å². The van der Waals surface area contributed by atoms with Gasteiger partial charge in [-0.2, -0.15) is 9.78 Å². The first-order valence-corrected chi connectivity index (χ1v) is 9.36. The molecule has 0 unspecified atom stereocenters. The molecule has 4 aromatic rings. The predicted molar refractivity (Wildman–Crippen MR) is 114 cm³/mol. The van der Waals surface area contributed by atoms with Gasteiger partial charge in [-0.3, -0.25) is 4.79 Å². The molecule has 0 aliphatic heterocycles. The molecule has 0 aliphatic rings. The van der Waals surface area contributed by atoms with Gasteiger partial charge in [0, 0.05) is 17.0 Å². The maximum atomic E-state index is 12.8. The molecule has 0 aliphatic carbocycles. The highest BCUT2D eigenvalue weighted by Gasteiger charge is 2.16. The van der Waals surface area contributed by atoms with E-state index in [1.165, 1.54) is 0 Å². The van der Waals surface area contributed by atoms with Crippen LogP contribution in [0.15, 0.2) is 54.6 Å². The minimum atomic E-state index is -0.181. The standard InChI is InChI=1S/C23H22N4O2/c1-14-8-5-6-9-18(14)23(28)25-21-13-16(3)26-27(21)20-12-15(2)17-10-7-11-19(29-4)22(17)24-20/h5-13H,1-4H3,(H,25,28). The average molecular weight is 386 g/mol. The number of nitrogens with zero attached hydrogens (tertiary/aromatic N) is 3. The lowest BCUT2D eigenvalue weighted by Gasteiger charge is -2.12. The van der Waals surface area contributed by atoms with Gasteiger partial charge in [-0.05, 0) is 50.1 Å². The van der Waals surface area contributed by atoms with Crippen LogP contribution in [-0.2, 0) is 0 Å². The zero-order valence-electron chi connectivity index (χ0n) is 16.9. The molecule has 1 amide bonds. The largest absolute Gasteiger partial charge is 0.494 e. The molecule has 0 fully saturated rings. The topological polar surface area (TPSA) is 69.0 Å². The number of hydrogen-bond donors (Lipinski definition) is 1. The lowest BCUT2D eigenvalue weighted by molar-refractivity contribution is 0.102. The van der Waals surface area contributed by atoms with Crippen LogP contribution in [0.4, 0.5) is 5.82 Å². The number of aryl methyl sites for hydroxylation is 3. The van der Waals surface area contributed by atoms with E-state index in [0.717, 1.165) is 27.7 Å². The highest BCUT2D eigenvalue weighted by atomic mass is 16.5. The summed E-state index contributed by atoms with van der Waals surface area (Å²) in [6, 6.07) is 17.1. The fourth-order valence-corrected chi connectivity index (χ4v) is 3.42. The highest BCUT2D eigenvalue weighted by Crippen LogP contribution is 2.28. The number of rotatable bonds is 4. The van der Waals surface area contributed by atoms with Crippen molar-refractivity contribution in [2.45, 2.75) is 20.8 Å². The number of carbonyl (C=O) groups is 1. The number of fused-ring (bicyclic) bond motifs is 1. The van der Waals surface area contributed by atoms with Gasteiger partial charge >= 0.3 is 0 Å². The molecule has 0 bridgehead atoms. The van der Waals surface area contributed by atoms with Crippen LogP contribution < -0.4 is 10.1 Å². The van der Waals surface area contributed by atoms with Crippen molar-refractivity contribution in [3.8, 4) is 11.6 Å². The second-order valence-corrected chi connectivity index (χ2v) is 7.01. The van der Waals surface area contributed by atoms with Crippen LogP contribution >= 0.6 is 0 Å². The van der Waals surface area contributed by atoms with E-state index in [1.807, 2.05) is 75.4 Å². The number of aromatic nitrogens is 3. The van der Waals surface area contributed by atoms with E-state index in [9.17, 15) is 4.79 Å². The lowest BCUT2D eigenvalue weighted by Crippen LogP contribution is -2.16. The van der Waals surface area contributed by atoms with E-state index in [4.69, 9.17) is 9.72 Å². The Kier molecular flexibility index (Phi) is 4.76. The van der Waals surface area contributed by atoms with Crippen LogP contribution in [0.1, 0.15) is 27.2 Å². The van der Waals surface area contributed by atoms with Crippen LogP contribution in [-0.4, -0.2) is 27.8 Å². The molecule has 2 aromatic carbocycles. The molecule has 146 valence electrons. The summed E-state index contributed by atoms with van der Waals surface area (Å²) in [4.78, 5) is 17.6. The molecule has 0 saturated carbocycles. The van der Waals surface area contributed by atoms with Crippen LogP contribution in [0.3, 0.4) is 0 Å². The molecule has 4 rings (SSSR count). The number of carbonyl (C=O) groups excluding carboxylic acids is 1. The van der Waals surface area contributed by atoms with Crippen molar-refractivity contribution < 1.29 is 9.53 Å². The van der Waals surface area contributed by atoms with Gasteiger partial charge in [0.25, 0.3) is 5.91 Å². The Balaban J connectivity index is 1.79. The summed E-state index contributed by atoms with van der Waals surface area (Å²) in [5.41, 5.74) is 4.13. The van der Waals surface area contributed by atoms with Gasteiger partial charge in [0.1, 0.15) is 17.1 Å². The zero-order chi connectivity index (χ0) is 20.5. The van der Waals surface area contributed by atoms with Crippen LogP contribution in [0.2, 0.25) is 0 Å². The maximum absolute atomic E-state index is 12.8. The number of benzene rings is 2. The third-order valence-electron chi connectivity index (χ3n) is 4.90. The number of ether oxygens (including phenoxy) is 1. The molecule has 6 heteroatoms. The molecule has 0 radical (unpaired) electrons. The zero-order valence-corrected chi connectivity index (χ0v) is 16.9. The second kappa shape index (κ2) is 7.39. The number of pyridine rings is 1. The number of hydrogen-bond acceptors (Lipinski definition) is 4. The van der Waals surface area contributed by atoms with Gasteiger partial charge in [0.05, 0.1) is 12.8 Å². The van der Waals surface area contributed by atoms with Crippen LogP contribution in [0, 0.1) is 20.8 Å². The van der Waals surface area contributed by atoms with Crippen molar-refractivity contribution in [3.05, 3.63) is 77.0 Å². The first-order chi connectivity index (χ1) is 14.0. The molecule has 0 spiro atoms. The van der Waals surface area contributed by atoms with Crippen molar-refractivity contribution in [1.82, 2.24) is 14.8 Å². The number of methoxy groups -OCH3 is 1. The van der Waals surface area contributed by atoms with Gasteiger partial charge in [-0.25, -0.2) is 4.98 Å². The van der Waals surface area contributed by atoms with Gasteiger partial charge in [-0.15, -0.1) is 0 Å². The van der Waals surface area contributed by atoms with Crippen LogP contribution in [0.5, 0.6) is 5.75 Å².